The zero-order valence-electron chi connectivity index (χ0n) is 28.9. The molecule has 1 unspecified atom stereocenters. The van der Waals surface area contributed by atoms with Crippen molar-refractivity contribution in [3.05, 3.63) is 87.0 Å². The van der Waals surface area contributed by atoms with Gasteiger partial charge >= 0.3 is 0 Å². The summed E-state index contributed by atoms with van der Waals surface area (Å²) in [4.78, 5) is 18.3. The molecule has 10 heteroatoms. The normalized spacial score (nSPS) is 22.8. The Kier molecular flexibility index (Phi) is 8.08. The van der Waals surface area contributed by atoms with E-state index in [2.05, 4.69) is 28.1 Å². The van der Waals surface area contributed by atoms with Gasteiger partial charge in [0.1, 0.15) is 11.8 Å². The van der Waals surface area contributed by atoms with E-state index in [1.807, 2.05) is 57.3 Å². The van der Waals surface area contributed by atoms with Gasteiger partial charge in [-0.2, -0.15) is 5.26 Å². The number of hydrogen-bond acceptors (Lipinski definition) is 9. The monoisotopic (exact) mass is 662 g/mol. The molecule has 3 aliphatic rings. The second-order valence-electron chi connectivity index (χ2n) is 13.4. The Morgan fingerprint density at radius 1 is 0.857 bits per heavy atom. The second kappa shape index (κ2) is 12.2. The van der Waals surface area contributed by atoms with Crippen molar-refractivity contribution in [1.82, 2.24) is 15.1 Å². The minimum atomic E-state index is -0.628. The number of phenolic OH excluding ortho intramolecular Hbond substituents is 2. The Morgan fingerprint density at radius 3 is 2.18 bits per heavy atom. The number of rotatable bonds is 6. The van der Waals surface area contributed by atoms with Crippen LogP contribution in [0.15, 0.2) is 42.5 Å². The largest absolute Gasteiger partial charge is 0.504 e. The van der Waals surface area contributed by atoms with Crippen LogP contribution in [0.2, 0.25) is 0 Å². The molecule has 3 N–H and O–H groups in total. The number of amides is 1. The molecule has 1 saturated heterocycles. The molecule has 3 heterocycles. The molecule has 0 aliphatic carbocycles. The van der Waals surface area contributed by atoms with Crippen LogP contribution in [0.3, 0.4) is 0 Å². The van der Waals surface area contributed by atoms with Crippen molar-refractivity contribution in [2.24, 2.45) is 0 Å². The predicted octanol–water partition coefficient (Wildman–Crippen LogP) is 5.40. The summed E-state index contributed by atoms with van der Waals surface area (Å²) in [7, 11) is 6.69. The Bertz CT molecular complexity index is 2050. The number of piperazine rings is 1. The van der Waals surface area contributed by atoms with E-state index in [4.69, 9.17) is 14.2 Å². The molecule has 3 aliphatic heterocycles. The first-order chi connectivity index (χ1) is 23.6. The molecule has 0 saturated carbocycles. The standard InChI is InChI=1S/C39H42N4O6/c1-19-20(2)37(48-6)35(45)32-25(19)15-27-29(17-40)43-28(33(32)42(27)4)16-26-31(34(44)38(49-7)21(3)36(26)47-5)30(43)18-41-39(46)24-14-10-12-22-11-8-9-13-23(22)24/h8-14,27-30,33,44-45H,15-16,18H2,1-7H3,(H,41,46)/t27-,28-,29?,30-,33-/m0/s1. The molecule has 10 nitrogen and oxygen atoms in total. The van der Waals surface area contributed by atoms with Gasteiger partial charge < -0.3 is 29.7 Å². The van der Waals surface area contributed by atoms with Gasteiger partial charge in [-0.3, -0.25) is 14.6 Å². The first-order valence-corrected chi connectivity index (χ1v) is 16.6. The number of carbonyl (C=O) groups excluding carboxylic acids is 1. The second-order valence-corrected chi connectivity index (χ2v) is 13.4. The lowest BCUT2D eigenvalue weighted by Crippen LogP contribution is -2.68. The number of methoxy groups -OCH3 is 3. The fourth-order valence-electron chi connectivity index (χ4n) is 9.05. The average molecular weight is 663 g/mol. The number of nitrogens with zero attached hydrogens (tertiary/aromatic N) is 3. The van der Waals surface area contributed by atoms with Crippen LogP contribution in [0, 0.1) is 32.1 Å². The van der Waals surface area contributed by atoms with Gasteiger partial charge in [-0.05, 0) is 74.2 Å². The van der Waals surface area contributed by atoms with E-state index < -0.39 is 12.1 Å². The van der Waals surface area contributed by atoms with Crippen LogP contribution < -0.4 is 19.5 Å². The smallest absolute Gasteiger partial charge is 0.251 e. The van der Waals surface area contributed by atoms with Gasteiger partial charge in [0.25, 0.3) is 5.91 Å². The molecule has 1 fully saturated rings. The number of carbonyl (C=O) groups is 1. The van der Waals surface area contributed by atoms with E-state index >= 15 is 0 Å². The highest BCUT2D eigenvalue weighted by Gasteiger charge is 2.56. The lowest BCUT2D eigenvalue weighted by atomic mass is 9.70. The molecule has 49 heavy (non-hydrogen) atoms. The maximum Gasteiger partial charge on any atom is 0.251 e. The Hall–Kier alpha value is -4.98. The molecule has 0 radical (unpaired) electrons. The summed E-state index contributed by atoms with van der Waals surface area (Å²) in [5.41, 5.74) is 6.31. The number of nitriles is 1. The highest BCUT2D eigenvalue weighted by atomic mass is 16.5. The number of benzene rings is 4. The number of fused-ring (bicyclic) bond motifs is 8. The van der Waals surface area contributed by atoms with E-state index in [9.17, 15) is 20.3 Å². The third kappa shape index (κ3) is 4.63. The minimum absolute atomic E-state index is 0.0316. The number of likely N-dealkylation sites (N-methyl/N-ethyl adjacent to an activating group) is 1. The van der Waals surface area contributed by atoms with Gasteiger partial charge in [-0.15, -0.1) is 0 Å². The van der Waals surface area contributed by atoms with Gasteiger partial charge in [0.2, 0.25) is 0 Å². The van der Waals surface area contributed by atoms with E-state index in [0.717, 1.165) is 38.6 Å². The summed E-state index contributed by atoms with van der Waals surface area (Å²) >= 11 is 0. The summed E-state index contributed by atoms with van der Waals surface area (Å²) < 4.78 is 17.5. The Labute approximate surface area is 286 Å². The quantitative estimate of drug-likeness (QED) is 0.249. The van der Waals surface area contributed by atoms with Gasteiger partial charge in [-0.1, -0.05) is 36.4 Å². The molecular formula is C39H42N4O6. The SMILES string of the molecule is COc1c(C)c(C)c2c(c1O)[C@@H]1[C@@H]3Cc4c(OC)c(C)c(OC)c(O)c4[C@H](CNC(=O)c4cccc5ccccc45)N3C(C#N)[C@H](C2)N1C. The summed E-state index contributed by atoms with van der Waals surface area (Å²) in [6, 6.07) is 13.9. The van der Waals surface area contributed by atoms with Gasteiger partial charge in [0.15, 0.2) is 23.0 Å². The lowest BCUT2D eigenvalue weighted by molar-refractivity contribution is -0.0722. The third-order valence-corrected chi connectivity index (χ3v) is 11.3. The van der Waals surface area contributed by atoms with Crippen LogP contribution in [0.1, 0.15) is 61.4 Å². The number of hydrogen-bond donors (Lipinski definition) is 3. The molecule has 0 aromatic heterocycles. The number of phenols is 2. The zero-order valence-corrected chi connectivity index (χ0v) is 28.9. The van der Waals surface area contributed by atoms with Crippen molar-refractivity contribution in [2.45, 2.75) is 63.8 Å². The summed E-state index contributed by atoms with van der Waals surface area (Å²) in [6.45, 7) is 5.95. The summed E-state index contributed by atoms with van der Waals surface area (Å²) in [5, 5.41) is 39.6. The third-order valence-electron chi connectivity index (χ3n) is 11.3. The first kappa shape index (κ1) is 32.6. The average Bonchev–Trinajstić information content (AvgIpc) is 3.10. The molecule has 2 bridgehead atoms. The number of aromatic hydroxyl groups is 2. The first-order valence-electron chi connectivity index (χ1n) is 16.6. The molecule has 4 aromatic rings. The van der Waals surface area contributed by atoms with Crippen LogP contribution in [0.25, 0.3) is 10.8 Å². The van der Waals surface area contributed by atoms with E-state index in [1.165, 1.54) is 7.11 Å². The van der Waals surface area contributed by atoms with Gasteiger partial charge in [0.05, 0.1) is 39.5 Å². The van der Waals surface area contributed by atoms with Crippen LogP contribution in [-0.2, 0) is 12.8 Å². The maximum atomic E-state index is 13.9. The van der Waals surface area contributed by atoms with Crippen LogP contribution >= 0.6 is 0 Å². The van der Waals surface area contributed by atoms with Gasteiger partial charge in [0, 0.05) is 46.4 Å². The Morgan fingerprint density at radius 2 is 1.49 bits per heavy atom. The van der Waals surface area contributed by atoms with Crippen molar-refractivity contribution in [1.29, 1.82) is 5.26 Å². The van der Waals surface area contributed by atoms with Crippen molar-refractivity contribution < 1.29 is 29.2 Å². The topological polar surface area (TPSA) is 128 Å². The van der Waals surface area contributed by atoms with Gasteiger partial charge in [-0.25, -0.2) is 0 Å². The predicted molar refractivity (Wildman–Crippen MR) is 186 cm³/mol. The molecule has 4 aromatic carbocycles. The highest BCUT2D eigenvalue weighted by molar-refractivity contribution is 6.07. The zero-order chi connectivity index (χ0) is 34.9. The van der Waals surface area contributed by atoms with Crippen LogP contribution in [-0.4, -0.2) is 79.0 Å². The molecule has 7 rings (SSSR count). The highest BCUT2D eigenvalue weighted by Crippen LogP contribution is 2.57. The van der Waals surface area contributed by atoms with Crippen molar-refractivity contribution >= 4 is 16.7 Å². The van der Waals surface area contributed by atoms with Crippen LogP contribution in [0.5, 0.6) is 28.7 Å². The maximum absolute atomic E-state index is 13.9. The summed E-state index contributed by atoms with van der Waals surface area (Å²) in [6.07, 6.45) is 0.959. The van der Waals surface area contributed by atoms with Crippen molar-refractivity contribution in [2.75, 3.05) is 34.9 Å². The summed E-state index contributed by atoms with van der Waals surface area (Å²) in [5.74, 6) is 1.15. The molecule has 0 spiro atoms. The minimum Gasteiger partial charge on any atom is -0.504 e. The van der Waals surface area contributed by atoms with Crippen molar-refractivity contribution in [3.8, 4) is 34.8 Å². The van der Waals surface area contributed by atoms with Crippen molar-refractivity contribution in [3.63, 3.8) is 0 Å². The van der Waals surface area contributed by atoms with E-state index in [1.54, 1.807) is 20.3 Å². The molecule has 1 amide bonds. The lowest BCUT2D eigenvalue weighted by Gasteiger charge is -2.60. The number of nitrogens with one attached hydrogen (secondary N) is 1. The van der Waals surface area contributed by atoms with Crippen LogP contribution in [0.4, 0.5) is 0 Å². The van der Waals surface area contributed by atoms with E-state index in [0.29, 0.717) is 46.8 Å². The number of ether oxygens (including phenoxy) is 3. The fourth-order valence-corrected chi connectivity index (χ4v) is 9.05. The Balaban J connectivity index is 1.42. The molecule has 254 valence electrons. The van der Waals surface area contributed by atoms with E-state index in [-0.39, 0.29) is 42.1 Å². The fraction of sp³-hybridized carbons (Fsp3) is 0.385. The molecular weight excluding hydrogens is 620 g/mol. The molecule has 5 atom stereocenters.